The summed E-state index contributed by atoms with van der Waals surface area (Å²) in [7, 11) is -3.91. The normalized spacial score (nSPS) is 28.4. The molecular formula is C4H11N2O3P. The van der Waals surface area contributed by atoms with Crippen molar-refractivity contribution in [3.05, 3.63) is 0 Å². The zero-order valence-corrected chi connectivity index (χ0v) is 6.34. The average Bonchev–Trinajstić information content (AvgIpc) is 1.88. The zero-order chi connectivity index (χ0) is 7.61. The van der Waals surface area contributed by atoms with Crippen LogP contribution in [0, 0.1) is 0 Å². The van der Waals surface area contributed by atoms with Gasteiger partial charge in [-0.15, -0.1) is 0 Å². The molecule has 10 heavy (non-hydrogen) atoms. The summed E-state index contributed by atoms with van der Waals surface area (Å²) in [6.07, 6.45) is 1.35. The van der Waals surface area contributed by atoms with Crippen LogP contribution >= 0.6 is 7.60 Å². The molecule has 0 aromatic carbocycles. The van der Waals surface area contributed by atoms with Gasteiger partial charge in [0.25, 0.3) is 0 Å². The van der Waals surface area contributed by atoms with Crippen molar-refractivity contribution in [3.8, 4) is 0 Å². The maximum absolute atomic E-state index is 10.6. The summed E-state index contributed by atoms with van der Waals surface area (Å²) >= 11 is 0. The summed E-state index contributed by atoms with van der Waals surface area (Å²) in [6.45, 7) is 0.774. The minimum Gasteiger partial charge on any atom is -0.323 e. The lowest BCUT2D eigenvalue weighted by molar-refractivity contribution is 0.309. The van der Waals surface area contributed by atoms with E-state index in [1.165, 1.54) is 0 Å². The molecule has 0 aromatic rings. The van der Waals surface area contributed by atoms with Gasteiger partial charge in [-0.1, -0.05) is 0 Å². The van der Waals surface area contributed by atoms with E-state index in [1.54, 1.807) is 0 Å². The van der Waals surface area contributed by atoms with Crippen LogP contribution in [0.15, 0.2) is 0 Å². The summed E-state index contributed by atoms with van der Waals surface area (Å²) in [5, 5.41) is 0. The first-order chi connectivity index (χ1) is 4.61. The zero-order valence-electron chi connectivity index (χ0n) is 5.45. The lowest BCUT2D eigenvalue weighted by Crippen LogP contribution is -2.45. The first kappa shape index (κ1) is 8.17. The Bertz CT molecular complexity index is 151. The van der Waals surface area contributed by atoms with E-state index < -0.39 is 13.4 Å². The van der Waals surface area contributed by atoms with Gasteiger partial charge < -0.3 is 9.79 Å². The van der Waals surface area contributed by atoms with Gasteiger partial charge in [0.1, 0.15) is 5.78 Å². The van der Waals surface area contributed by atoms with Crippen molar-refractivity contribution < 1.29 is 14.4 Å². The molecule has 0 aromatic heterocycles. The van der Waals surface area contributed by atoms with Crippen LogP contribution in [0.3, 0.4) is 0 Å². The van der Waals surface area contributed by atoms with Gasteiger partial charge in [-0.2, -0.15) is 0 Å². The maximum Gasteiger partial charge on any atom is 0.343 e. The van der Waals surface area contributed by atoms with E-state index in [2.05, 4.69) is 10.9 Å². The van der Waals surface area contributed by atoms with Crippen molar-refractivity contribution in [2.45, 2.75) is 18.6 Å². The van der Waals surface area contributed by atoms with E-state index in [9.17, 15) is 4.57 Å². The highest BCUT2D eigenvalue weighted by Gasteiger charge is 2.29. The second-order valence-electron chi connectivity index (χ2n) is 2.32. The molecule has 0 spiro atoms. The van der Waals surface area contributed by atoms with E-state index in [4.69, 9.17) is 9.79 Å². The number of hydrogen-bond acceptors (Lipinski definition) is 3. The number of hydrazine groups is 1. The third-order valence-electron chi connectivity index (χ3n) is 1.45. The minimum atomic E-state index is -3.91. The fraction of sp³-hybridized carbons (Fsp3) is 1.00. The Hall–Kier alpha value is 0.0700. The Balaban J connectivity index is 2.47. The van der Waals surface area contributed by atoms with Gasteiger partial charge in [0.15, 0.2) is 0 Å². The monoisotopic (exact) mass is 166 g/mol. The number of hydrogen-bond donors (Lipinski definition) is 4. The summed E-state index contributed by atoms with van der Waals surface area (Å²) in [6, 6.07) is 0. The molecule has 0 aliphatic carbocycles. The van der Waals surface area contributed by atoms with E-state index in [1.807, 2.05) is 0 Å². The van der Waals surface area contributed by atoms with Gasteiger partial charge in [0.05, 0.1) is 0 Å². The Labute approximate surface area is 58.9 Å². The summed E-state index contributed by atoms with van der Waals surface area (Å²) in [4.78, 5) is 17.3. The average molecular weight is 166 g/mol. The predicted octanol–water partition coefficient (Wildman–Crippen LogP) is -0.622. The highest BCUT2D eigenvalue weighted by molar-refractivity contribution is 7.52. The van der Waals surface area contributed by atoms with E-state index in [-0.39, 0.29) is 0 Å². The van der Waals surface area contributed by atoms with Crippen LogP contribution in [0.5, 0.6) is 0 Å². The molecule has 6 heteroatoms. The van der Waals surface area contributed by atoms with Crippen LogP contribution < -0.4 is 10.9 Å². The Morgan fingerprint density at radius 2 is 2.20 bits per heavy atom. The maximum atomic E-state index is 10.6. The van der Waals surface area contributed by atoms with E-state index in [0.717, 1.165) is 13.0 Å². The molecule has 1 unspecified atom stereocenters. The SMILES string of the molecule is O=P(O)(O)C1CCCNN1. The summed E-state index contributed by atoms with van der Waals surface area (Å²) in [5.41, 5.74) is 5.25. The van der Waals surface area contributed by atoms with E-state index >= 15 is 0 Å². The van der Waals surface area contributed by atoms with E-state index in [0.29, 0.717) is 6.42 Å². The number of nitrogens with one attached hydrogen (secondary N) is 2. The van der Waals surface area contributed by atoms with Crippen molar-refractivity contribution in [2.24, 2.45) is 0 Å². The second kappa shape index (κ2) is 2.98. The molecule has 1 atom stereocenters. The number of rotatable bonds is 1. The Kier molecular flexibility index (Phi) is 2.44. The van der Waals surface area contributed by atoms with Crippen LogP contribution in [-0.4, -0.2) is 22.1 Å². The smallest absolute Gasteiger partial charge is 0.323 e. The van der Waals surface area contributed by atoms with Crippen LogP contribution in [0.4, 0.5) is 0 Å². The largest absolute Gasteiger partial charge is 0.343 e. The highest BCUT2D eigenvalue weighted by atomic mass is 31.2. The van der Waals surface area contributed by atoms with Gasteiger partial charge in [-0.25, -0.2) is 5.43 Å². The molecule has 0 radical (unpaired) electrons. The van der Waals surface area contributed by atoms with Crippen LogP contribution in [-0.2, 0) is 4.57 Å². The van der Waals surface area contributed by atoms with Crippen molar-refractivity contribution in [3.63, 3.8) is 0 Å². The summed E-state index contributed by atoms with van der Waals surface area (Å²) < 4.78 is 10.6. The van der Waals surface area contributed by atoms with Crippen molar-refractivity contribution >= 4 is 7.60 Å². The highest BCUT2D eigenvalue weighted by Crippen LogP contribution is 2.41. The predicted molar refractivity (Wildman–Crippen MR) is 36.2 cm³/mol. The van der Waals surface area contributed by atoms with Crippen LogP contribution in [0.2, 0.25) is 0 Å². The molecule has 1 rings (SSSR count). The molecule has 0 bridgehead atoms. The van der Waals surface area contributed by atoms with Gasteiger partial charge in [-0.05, 0) is 12.8 Å². The van der Waals surface area contributed by atoms with Crippen molar-refractivity contribution in [1.29, 1.82) is 0 Å². The van der Waals surface area contributed by atoms with Gasteiger partial charge in [0.2, 0.25) is 0 Å². The van der Waals surface area contributed by atoms with Crippen molar-refractivity contribution in [1.82, 2.24) is 10.9 Å². The molecule has 0 amide bonds. The van der Waals surface area contributed by atoms with Crippen molar-refractivity contribution in [2.75, 3.05) is 6.54 Å². The quantitative estimate of drug-likeness (QED) is 0.390. The molecule has 5 nitrogen and oxygen atoms in total. The first-order valence-corrected chi connectivity index (χ1v) is 4.82. The topological polar surface area (TPSA) is 81.6 Å². The second-order valence-corrected chi connectivity index (χ2v) is 4.12. The molecule has 1 aliphatic heterocycles. The lowest BCUT2D eigenvalue weighted by atomic mass is 10.3. The summed E-state index contributed by atoms with van der Waals surface area (Å²) in [5.74, 6) is -0.693. The molecule has 1 fully saturated rings. The molecule has 4 N–H and O–H groups in total. The van der Waals surface area contributed by atoms with Gasteiger partial charge in [0, 0.05) is 6.54 Å². The molecule has 60 valence electrons. The molecule has 1 saturated heterocycles. The molecule has 1 heterocycles. The Morgan fingerprint density at radius 1 is 1.50 bits per heavy atom. The molecular weight excluding hydrogens is 155 g/mol. The fourth-order valence-corrected chi connectivity index (χ4v) is 1.68. The fourth-order valence-electron chi connectivity index (χ4n) is 0.898. The van der Waals surface area contributed by atoms with Gasteiger partial charge in [-0.3, -0.25) is 9.99 Å². The standard InChI is InChI=1S/C4H11N2O3P/c7-10(8,9)4-2-1-3-5-6-4/h4-6H,1-3H2,(H2,7,8,9). The molecule has 0 saturated carbocycles. The third-order valence-corrected chi connectivity index (χ3v) is 2.65. The third kappa shape index (κ3) is 2.04. The first-order valence-electron chi connectivity index (χ1n) is 3.14. The minimum absolute atomic E-state index is 0.539. The lowest BCUT2D eigenvalue weighted by Gasteiger charge is -2.24. The van der Waals surface area contributed by atoms with Crippen LogP contribution in [0.1, 0.15) is 12.8 Å². The van der Waals surface area contributed by atoms with Crippen LogP contribution in [0.25, 0.3) is 0 Å². The Morgan fingerprint density at radius 3 is 2.50 bits per heavy atom. The van der Waals surface area contributed by atoms with Gasteiger partial charge >= 0.3 is 7.60 Å². The molecule has 1 aliphatic rings.